The standard InChI is InChI=1S/C23H23N3O3/c1-2-4-18-17(3-1)24-23(29-18)26-12-16(15-5-6-19-20(11-15)28-13-27-19)22-21(26)14-7-9-25(22)10-8-14/h1-6,11,14,16,21-22H,7-10,12-13H2/t16-,21+,22+/m1/s1. The van der Waals surface area contributed by atoms with Crippen LogP contribution in [-0.4, -0.2) is 48.4 Å². The van der Waals surface area contributed by atoms with Crippen LogP contribution in [0.15, 0.2) is 46.9 Å². The van der Waals surface area contributed by atoms with Crippen molar-refractivity contribution in [1.29, 1.82) is 0 Å². The lowest BCUT2D eigenvalue weighted by Crippen LogP contribution is -2.60. The molecule has 3 atom stereocenters. The summed E-state index contributed by atoms with van der Waals surface area (Å²) in [6.45, 7) is 3.65. The maximum atomic E-state index is 6.22. The van der Waals surface area contributed by atoms with Gasteiger partial charge in [-0.25, -0.2) is 0 Å². The van der Waals surface area contributed by atoms with Crippen LogP contribution >= 0.6 is 0 Å². The number of benzene rings is 2. The first-order valence-corrected chi connectivity index (χ1v) is 10.6. The molecule has 5 aliphatic rings. The number of fused-ring (bicyclic) bond motifs is 4. The van der Waals surface area contributed by atoms with Gasteiger partial charge >= 0.3 is 0 Å². The molecule has 2 aromatic carbocycles. The van der Waals surface area contributed by atoms with E-state index in [0.29, 0.717) is 30.7 Å². The first-order chi connectivity index (χ1) is 14.3. The zero-order valence-electron chi connectivity index (χ0n) is 16.2. The van der Waals surface area contributed by atoms with Gasteiger partial charge in [0, 0.05) is 18.5 Å². The molecule has 0 N–H and O–H groups in total. The third kappa shape index (κ3) is 2.29. The SMILES string of the molecule is c1ccc2oc(N3C[C@H](c4ccc5c(c4)OCO5)[C@H]4[C@@H]3C3CCN4CC3)nc2c1. The summed E-state index contributed by atoms with van der Waals surface area (Å²) < 4.78 is 17.4. The Kier molecular flexibility index (Phi) is 3.27. The molecule has 2 bridgehead atoms. The maximum Gasteiger partial charge on any atom is 0.298 e. The second-order valence-corrected chi connectivity index (χ2v) is 8.69. The Balaban J connectivity index is 1.32. The Bertz CT molecular complexity index is 1050. The molecule has 0 aliphatic carbocycles. The van der Waals surface area contributed by atoms with Gasteiger partial charge in [-0.1, -0.05) is 18.2 Å². The number of para-hydroxylation sites is 2. The minimum atomic E-state index is 0.318. The van der Waals surface area contributed by atoms with E-state index in [1.54, 1.807) is 0 Å². The summed E-state index contributed by atoms with van der Waals surface area (Å²) in [7, 11) is 0. The van der Waals surface area contributed by atoms with Crippen molar-refractivity contribution < 1.29 is 13.9 Å². The summed E-state index contributed by atoms with van der Waals surface area (Å²) in [5, 5.41) is 0. The van der Waals surface area contributed by atoms with Gasteiger partial charge in [-0.05, 0) is 61.7 Å². The van der Waals surface area contributed by atoms with Crippen LogP contribution in [-0.2, 0) is 0 Å². The maximum absolute atomic E-state index is 6.22. The average Bonchev–Trinajstić information content (AvgIpc) is 3.50. The van der Waals surface area contributed by atoms with E-state index < -0.39 is 0 Å². The zero-order valence-corrected chi connectivity index (χ0v) is 16.2. The van der Waals surface area contributed by atoms with Crippen LogP contribution in [0.4, 0.5) is 6.01 Å². The lowest BCUT2D eigenvalue weighted by atomic mass is 9.75. The van der Waals surface area contributed by atoms with Crippen molar-refractivity contribution in [3.05, 3.63) is 48.0 Å². The Morgan fingerprint density at radius 2 is 1.79 bits per heavy atom. The van der Waals surface area contributed by atoms with Crippen LogP contribution in [0.25, 0.3) is 11.1 Å². The molecule has 0 unspecified atom stereocenters. The molecule has 6 heteroatoms. The molecule has 1 aromatic heterocycles. The molecule has 3 aromatic rings. The molecule has 5 aliphatic heterocycles. The third-order valence-electron chi connectivity index (χ3n) is 7.35. The fourth-order valence-electron chi connectivity index (χ4n) is 6.06. The van der Waals surface area contributed by atoms with Crippen LogP contribution in [0.3, 0.4) is 0 Å². The molecule has 8 rings (SSSR count). The zero-order chi connectivity index (χ0) is 18.9. The summed E-state index contributed by atoms with van der Waals surface area (Å²) in [5.74, 6) is 2.84. The molecular formula is C23H23N3O3. The van der Waals surface area contributed by atoms with E-state index in [9.17, 15) is 0 Å². The lowest BCUT2D eigenvalue weighted by Gasteiger charge is -2.50. The Labute approximate surface area is 169 Å². The highest BCUT2D eigenvalue weighted by molar-refractivity contribution is 5.74. The number of hydrogen-bond donors (Lipinski definition) is 0. The summed E-state index contributed by atoms with van der Waals surface area (Å²) in [5.41, 5.74) is 3.13. The summed E-state index contributed by atoms with van der Waals surface area (Å²) >= 11 is 0. The van der Waals surface area contributed by atoms with Gasteiger partial charge in [0.05, 0.1) is 6.04 Å². The van der Waals surface area contributed by atoms with Crippen molar-refractivity contribution in [2.24, 2.45) is 5.92 Å². The Morgan fingerprint density at radius 1 is 0.931 bits per heavy atom. The number of aromatic nitrogens is 1. The van der Waals surface area contributed by atoms with Crippen molar-refractivity contribution in [1.82, 2.24) is 9.88 Å². The highest BCUT2D eigenvalue weighted by atomic mass is 16.7. The third-order valence-corrected chi connectivity index (χ3v) is 7.35. The number of hydrogen-bond acceptors (Lipinski definition) is 6. The second kappa shape index (κ2) is 5.89. The summed E-state index contributed by atoms with van der Waals surface area (Å²) in [6, 6.07) is 16.3. The molecule has 0 radical (unpaired) electrons. The molecule has 148 valence electrons. The normalized spacial score (nSPS) is 32.1. The number of piperidine rings is 3. The average molecular weight is 389 g/mol. The first-order valence-electron chi connectivity index (χ1n) is 10.6. The number of rotatable bonds is 2. The second-order valence-electron chi connectivity index (χ2n) is 8.69. The first kappa shape index (κ1) is 16.1. The molecule has 6 heterocycles. The van der Waals surface area contributed by atoms with Crippen LogP contribution < -0.4 is 14.4 Å². The molecule has 0 amide bonds. The topological polar surface area (TPSA) is 51.0 Å². The van der Waals surface area contributed by atoms with E-state index in [-0.39, 0.29) is 0 Å². The van der Waals surface area contributed by atoms with Gasteiger partial charge in [0.15, 0.2) is 17.1 Å². The van der Waals surface area contributed by atoms with Gasteiger partial charge in [-0.3, -0.25) is 4.90 Å². The van der Waals surface area contributed by atoms with E-state index >= 15 is 0 Å². The quantitative estimate of drug-likeness (QED) is 0.667. The van der Waals surface area contributed by atoms with Crippen LogP contribution in [0, 0.1) is 5.92 Å². The molecule has 0 spiro atoms. The minimum absolute atomic E-state index is 0.318. The Morgan fingerprint density at radius 3 is 2.69 bits per heavy atom. The molecular weight excluding hydrogens is 366 g/mol. The van der Waals surface area contributed by atoms with Gasteiger partial charge in [0.1, 0.15) is 5.52 Å². The van der Waals surface area contributed by atoms with Crippen molar-refractivity contribution >= 4 is 17.1 Å². The molecule has 4 fully saturated rings. The van der Waals surface area contributed by atoms with Crippen molar-refractivity contribution in [2.75, 3.05) is 31.3 Å². The summed E-state index contributed by atoms with van der Waals surface area (Å²) in [4.78, 5) is 10.0. The number of oxazole rings is 1. The van der Waals surface area contributed by atoms with Gasteiger partial charge in [-0.2, -0.15) is 4.98 Å². The molecule has 6 nitrogen and oxygen atoms in total. The monoisotopic (exact) mass is 389 g/mol. The van der Waals surface area contributed by atoms with E-state index in [0.717, 1.165) is 35.2 Å². The predicted octanol–water partition coefficient (Wildman–Crippen LogP) is 3.62. The van der Waals surface area contributed by atoms with Crippen LogP contribution in [0.1, 0.15) is 24.3 Å². The lowest BCUT2D eigenvalue weighted by molar-refractivity contribution is 0.0348. The largest absolute Gasteiger partial charge is 0.454 e. The molecule has 0 saturated carbocycles. The fourth-order valence-corrected chi connectivity index (χ4v) is 6.06. The highest BCUT2D eigenvalue weighted by Gasteiger charge is 2.54. The smallest absolute Gasteiger partial charge is 0.298 e. The van der Waals surface area contributed by atoms with E-state index in [4.69, 9.17) is 18.9 Å². The Hall–Kier alpha value is -2.73. The van der Waals surface area contributed by atoms with E-state index in [1.807, 2.05) is 24.3 Å². The number of anilines is 1. The van der Waals surface area contributed by atoms with Gasteiger partial charge in [-0.15, -0.1) is 0 Å². The number of nitrogens with zero attached hydrogens (tertiary/aromatic N) is 3. The van der Waals surface area contributed by atoms with Gasteiger partial charge in [0.2, 0.25) is 6.79 Å². The van der Waals surface area contributed by atoms with Crippen molar-refractivity contribution in [3.63, 3.8) is 0 Å². The predicted molar refractivity (Wildman–Crippen MR) is 109 cm³/mol. The minimum Gasteiger partial charge on any atom is -0.454 e. The van der Waals surface area contributed by atoms with E-state index in [1.165, 1.54) is 31.5 Å². The van der Waals surface area contributed by atoms with Gasteiger partial charge < -0.3 is 18.8 Å². The highest BCUT2D eigenvalue weighted by Crippen LogP contribution is 2.49. The van der Waals surface area contributed by atoms with Gasteiger partial charge in [0.25, 0.3) is 6.01 Å². The van der Waals surface area contributed by atoms with Crippen LogP contribution in [0.5, 0.6) is 11.5 Å². The van der Waals surface area contributed by atoms with Crippen LogP contribution in [0.2, 0.25) is 0 Å². The van der Waals surface area contributed by atoms with Crippen molar-refractivity contribution in [3.8, 4) is 11.5 Å². The fraction of sp³-hybridized carbons (Fsp3) is 0.435. The van der Waals surface area contributed by atoms with Crippen molar-refractivity contribution in [2.45, 2.75) is 30.8 Å². The molecule has 4 saturated heterocycles. The van der Waals surface area contributed by atoms with E-state index in [2.05, 4.69) is 28.0 Å². The number of ether oxygens (including phenoxy) is 2. The summed E-state index contributed by atoms with van der Waals surface area (Å²) in [6.07, 6.45) is 2.54. The molecule has 29 heavy (non-hydrogen) atoms.